The lowest BCUT2D eigenvalue weighted by molar-refractivity contribution is -0.242. The molecule has 1 aliphatic carbocycles. The third kappa shape index (κ3) is 11.8. The maximum absolute atomic E-state index is 10.8. The zero-order valence-electron chi connectivity index (χ0n) is 19.2. The molecule has 178 valence electrons. The lowest BCUT2D eigenvalue weighted by atomic mass is 9.80. The third-order valence-electron chi connectivity index (χ3n) is 5.63. The zero-order chi connectivity index (χ0) is 23.7. The van der Waals surface area contributed by atoms with Crippen LogP contribution in [0.5, 0.6) is 0 Å². The SMILES string of the molecule is CC1(C(=O)O)C=CC=C(C(=O)O)C1.OOCCCCCCCCCCCc1ccccc1. The molecule has 1 aliphatic rings. The largest absolute Gasteiger partial charge is 0.481 e. The summed E-state index contributed by atoms with van der Waals surface area (Å²) in [6.45, 7) is 1.99. The van der Waals surface area contributed by atoms with Gasteiger partial charge in [0.1, 0.15) is 0 Å². The summed E-state index contributed by atoms with van der Waals surface area (Å²) in [7, 11) is 0. The molecule has 0 amide bonds. The molecule has 0 aliphatic heterocycles. The molecule has 2 rings (SSSR count). The molecule has 32 heavy (non-hydrogen) atoms. The second-order valence-corrected chi connectivity index (χ2v) is 8.51. The summed E-state index contributed by atoms with van der Waals surface area (Å²) in [4.78, 5) is 25.4. The van der Waals surface area contributed by atoms with Crippen LogP contribution in [0.25, 0.3) is 0 Å². The Morgan fingerprint density at radius 2 is 1.47 bits per heavy atom. The number of hydrogen-bond acceptors (Lipinski definition) is 4. The van der Waals surface area contributed by atoms with Crippen molar-refractivity contribution in [3.63, 3.8) is 0 Å². The average Bonchev–Trinajstić information content (AvgIpc) is 2.78. The number of aliphatic carboxylic acids is 2. The van der Waals surface area contributed by atoms with Crippen molar-refractivity contribution in [3.8, 4) is 0 Å². The summed E-state index contributed by atoms with van der Waals surface area (Å²) in [5.74, 6) is -2.06. The van der Waals surface area contributed by atoms with Crippen molar-refractivity contribution in [1.29, 1.82) is 0 Å². The molecule has 0 radical (unpaired) electrons. The topological polar surface area (TPSA) is 104 Å². The molecule has 6 nitrogen and oxygen atoms in total. The van der Waals surface area contributed by atoms with Crippen molar-refractivity contribution in [2.24, 2.45) is 5.41 Å². The van der Waals surface area contributed by atoms with E-state index in [1.165, 1.54) is 88.5 Å². The quantitative estimate of drug-likeness (QED) is 0.177. The van der Waals surface area contributed by atoms with E-state index in [2.05, 4.69) is 35.2 Å². The van der Waals surface area contributed by atoms with Crippen LogP contribution >= 0.6 is 0 Å². The first kappa shape index (κ1) is 27.6. The van der Waals surface area contributed by atoms with E-state index < -0.39 is 17.4 Å². The Kier molecular flexibility index (Phi) is 14.0. The molecule has 0 saturated carbocycles. The molecule has 1 atom stereocenters. The van der Waals surface area contributed by atoms with Crippen molar-refractivity contribution in [1.82, 2.24) is 0 Å². The molecule has 0 heterocycles. The molecule has 6 heteroatoms. The van der Waals surface area contributed by atoms with Crippen molar-refractivity contribution in [3.05, 3.63) is 59.7 Å². The number of rotatable bonds is 14. The fraction of sp³-hybridized carbons (Fsp3) is 0.538. The third-order valence-corrected chi connectivity index (χ3v) is 5.63. The summed E-state index contributed by atoms with van der Waals surface area (Å²) >= 11 is 0. The van der Waals surface area contributed by atoms with E-state index in [0.29, 0.717) is 6.61 Å². The van der Waals surface area contributed by atoms with Crippen LogP contribution in [0.1, 0.15) is 76.7 Å². The van der Waals surface area contributed by atoms with Gasteiger partial charge >= 0.3 is 11.9 Å². The van der Waals surface area contributed by atoms with Gasteiger partial charge in [-0.05, 0) is 38.2 Å². The van der Waals surface area contributed by atoms with Crippen LogP contribution in [0.2, 0.25) is 0 Å². The van der Waals surface area contributed by atoms with Crippen LogP contribution in [-0.2, 0) is 20.9 Å². The molecule has 0 saturated heterocycles. The number of carboxylic acid groups (broad SMARTS) is 2. The molecule has 0 fully saturated rings. The van der Waals surface area contributed by atoms with Gasteiger partial charge in [0.15, 0.2) is 0 Å². The van der Waals surface area contributed by atoms with Gasteiger partial charge in [0.05, 0.1) is 12.0 Å². The van der Waals surface area contributed by atoms with E-state index >= 15 is 0 Å². The average molecular weight is 447 g/mol. The summed E-state index contributed by atoms with van der Waals surface area (Å²) in [5.41, 5.74) is 0.517. The first-order valence-electron chi connectivity index (χ1n) is 11.5. The summed E-state index contributed by atoms with van der Waals surface area (Å²) < 4.78 is 0. The van der Waals surface area contributed by atoms with E-state index in [1.54, 1.807) is 0 Å². The highest BCUT2D eigenvalue weighted by molar-refractivity contribution is 5.90. The van der Waals surface area contributed by atoms with Gasteiger partial charge in [-0.15, -0.1) is 0 Å². The maximum Gasteiger partial charge on any atom is 0.331 e. The van der Waals surface area contributed by atoms with Crippen molar-refractivity contribution in [2.45, 2.75) is 77.6 Å². The van der Waals surface area contributed by atoms with Gasteiger partial charge in [-0.3, -0.25) is 10.1 Å². The van der Waals surface area contributed by atoms with Crippen LogP contribution in [0, 0.1) is 5.41 Å². The number of unbranched alkanes of at least 4 members (excludes halogenated alkanes) is 8. The van der Waals surface area contributed by atoms with E-state index in [9.17, 15) is 9.59 Å². The van der Waals surface area contributed by atoms with Crippen LogP contribution in [0.4, 0.5) is 0 Å². The number of aryl methyl sites for hydroxylation is 1. The first-order chi connectivity index (χ1) is 15.4. The van der Waals surface area contributed by atoms with Crippen molar-refractivity contribution >= 4 is 11.9 Å². The summed E-state index contributed by atoms with van der Waals surface area (Å²) in [5, 5.41) is 25.7. The molecular formula is C26H38O6. The van der Waals surface area contributed by atoms with E-state index in [0.717, 1.165) is 6.42 Å². The highest BCUT2D eigenvalue weighted by atomic mass is 17.1. The van der Waals surface area contributed by atoms with Crippen LogP contribution in [-0.4, -0.2) is 34.0 Å². The van der Waals surface area contributed by atoms with Crippen LogP contribution in [0.15, 0.2) is 54.1 Å². The number of hydrogen-bond donors (Lipinski definition) is 3. The molecule has 1 unspecified atom stereocenters. The number of benzene rings is 1. The Bertz CT molecular complexity index is 725. The van der Waals surface area contributed by atoms with Crippen molar-refractivity contribution < 1.29 is 29.9 Å². The van der Waals surface area contributed by atoms with Gasteiger partial charge < -0.3 is 10.2 Å². The van der Waals surface area contributed by atoms with E-state index in [4.69, 9.17) is 15.5 Å². The highest BCUT2D eigenvalue weighted by Gasteiger charge is 2.34. The maximum atomic E-state index is 10.8. The normalized spacial score (nSPS) is 17.2. The van der Waals surface area contributed by atoms with Crippen LogP contribution in [0.3, 0.4) is 0 Å². The summed E-state index contributed by atoms with van der Waals surface area (Å²) in [6.07, 6.45) is 17.2. The molecule has 0 bridgehead atoms. The lowest BCUT2D eigenvalue weighted by Crippen LogP contribution is -2.28. The highest BCUT2D eigenvalue weighted by Crippen LogP contribution is 2.31. The minimum Gasteiger partial charge on any atom is -0.481 e. The Labute approximate surface area is 191 Å². The zero-order valence-corrected chi connectivity index (χ0v) is 19.2. The van der Waals surface area contributed by atoms with Crippen LogP contribution < -0.4 is 0 Å². The first-order valence-corrected chi connectivity index (χ1v) is 11.5. The predicted molar refractivity (Wildman–Crippen MR) is 125 cm³/mol. The Balaban J connectivity index is 0.000000343. The van der Waals surface area contributed by atoms with Gasteiger partial charge in [0.2, 0.25) is 0 Å². The molecule has 0 spiro atoms. The Hall–Kier alpha value is -2.44. The molecule has 0 aromatic heterocycles. The number of allylic oxidation sites excluding steroid dienone is 2. The lowest BCUT2D eigenvalue weighted by Gasteiger charge is -2.23. The molecular weight excluding hydrogens is 408 g/mol. The second kappa shape index (κ2) is 16.2. The second-order valence-electron chi connectivity index (χ2n) is 8.51. The molecule has 1 aromatic rings. The van der Waals surface area contributed by atoms with Gasteiger partial charge in [-0.25, -0.2) is 9.68 Å². The standard InChI is InChI=1S/C17H28O2.C9H10O4/c18-19-16-12-7-5-3-1-2-4-6-9-13-17-14-10-8-11-15-17;1-9(8(12)13)4-2-3-6(5-9)7(10)11/h8,10-11,14-15,18H,1-7,9,12-13,16H2;2-4H,5H2,1H3,(H,10,11)(H,12,13). The predicted octanol–water partition coefficient (Wildman–Crippen LogP) is 6.28. The Morgan fingerprint density at radius 3 is 2.00 bits per heavy atom. The minimum absolute atomic E-state index is 0.0359. The van der Waals surface area contributed by atoms with Crippen molar-refractivity contribution in [2.75, 3.05) is 6.61 Å². The molecule has 3 N–H and O–H groups in total. The number of carbonyl (C=O) groups is 2. The molecule has 1 aromatic carbocycles. The van der Waals surface area contributed by atoms with E-state index in [1.807, 2.05) is 0 Å². The fourth-order valence-electron chi connectivity index (χ4n) is 3.56. The number of carboxylic acids is 2. The summed E-state index contributed by atoms with van der Waals surface area (Å²) in [6, 6.07) is 10.8. The monoisotopic (exact) mass is 446 g/mol. The van der Waals surface area contributed by atoms with Gasteiger partial charge in [-0.1, -0.05) is 93.5 Å². The van der Waals surface area contributed by atoms with E-state index in [-0.39, 0.29) is 12.0 Å². The van der Waals surface area contributed by atoms with Gasteiger partial charge in [0.25, 0.3) is 0 Å². The minimum atomic E-state index is -1.08. The fourth-order valence-corrected chi connectivity index (χ4v) is 3.56. The van der Waals surface area contributed by atoms with Gasteiger partial charge in [-0.2, -0.15) is 0 Å². The smallest absolute Gasteiger partial charge is 0.331 e. The van der Waals surface area contributed by atoms with Gasteiger partial charge in [0, 0.05) is 5.57 Å². The Morgan fingerprint density at radius 1 is 0.906 bits per heavy atom.